The van der Waals surface area contributed by atoms with Crippen molar-refractivity contribution in [2.75, 3.05) is 7.11 Å². The van der Waals surface area contributed by atoms with Gasteiger partial charge in [0.05, 0.1) is 29.1 Å². The monoisotopic (exact) mass is 525 g/mol. The molecule has 1 aliphatic carbocycles. The lowest BCUT2D eigenvalue weighted by Gasteiger charge is -2.19. The van der Waals surface area contributed by atoms with E-state index >= 15 is 0 Å². The van der Waals surface area contributed by atoms with E-state index in [1.807, 2.05) is 0 Å². The highest BCUT2D eigenvalue weighted by Crippen LogP contribution is 2.36. The molecular formula is C24H23F4N3O4S. The normalized spacial score (nSPS) is 18.4. The minimum Gasteiger partial charge on any atom is -0.480 e. The maximum Gasteiger partial charge on any atom is 0.433 e. The van der Waals surface area contributed by atoms with Crippen LogP contribution in [0.1, 0.15) is 36.9 Å². The van der Waals surface area contributed by atoms with Crippen molar-refractivity contribution in [1.29, 1.82) is 0 Å². The lowest BCUT2D eigenvalue weighted by molar-refractivity contribution is -0.141. The minimum absolute atomic E-state index is 0.0123. The Balaban J connectivity index is 1.47. The Labute approximate surface area is 205 Å². The van der Waals surface area contributed by atoms with Gasteiger partial charge in [-0.25, -0.2) is 22.5 Å². The van der Waals surface area contributed by atoms with Gasteiger partial charge in [0.1, 0.15) is 17.3 Å². The van der Waals surface area contributed by atoms with E-state index in [4.69, 9.17) is 4.74 Å². The fourth-order valence-corrected chi connectivity index (χ4v) is 6.53. The molecule has 0 amide bonds. The number of carbonyl (C=O) groups excluding carboxylic acids is 1. The molecule has 1 aliphatic rings. The fraction of sp³-hybridized carbons (Fsp3) is 0.375. The first-order chi connectivity index (χ1) is 17.0. The number of benzene rings is 1. The van der Waals surface area contributed by atoms with Crippen LogP contribution in [0.15, 0.2) is 53.7 Å². The van der Waals surface area contributed by atoms with E-state index in [9.17, 15) is 30.8 Å². The van der Waals surface area contributed by atoms with Crippen LogP contribution in [0.3, 0.4) is 0 Å². The van der Waals surface area contributed by atoms with Gasteiger partial charge in [-0.15, -0.1) is 5.10 Å². The average Bonchev–Trinajstić information content (AvgIpc) is 3.50. The summed E-state index contributed by atoms with van der Waals surface area (Å²) in [4.78, 5) is 16.5. The Hall–Kier alpha value is -3.28. The second-order valence-corrected chi connectivity index (χ2v) is 10.7. The average molecular weight is 526 g/mol. The highest BCUT2D eigenvalue weighted by molar-refractivity contribution is 7.92. The zero-order valence-corrected chi connectivity index (χ0v) is 20.0. The molecule has 1 saturated carbocycles. The van der Waals surface area contributed by atoms with E-state index in [2.05, 4.69) is 10.1 Å². The standard InChI is InChI=1S/C24H23F4N3O4S/c1-35-23-15(14-31(30-23)17-8-12-22(29-13-17)24(26,27)28)5-11-20(32)19-3-2-4-21(19)36(33,34)18-9-6-16(25)7-10-18/h6-10,12-14,19,21H,2-5,11H2,1H3/t19-,21-/m0/s1. The van der Waals surface area contributed by atoms with Crippen LogP contribution in [0.5, 0.6) is 5.88 Å². The maximum atomic E-state index is 13.2. The summed E-state index contributed by atoms with van der Waals surface area (Å²) in [6.07, 6.45) is -0.373. The van der Waals surface area contributed by atoms with Gasteiger partial charge in [0.25, 0.3) is 0 Å². The van der Waals surface area contributed by atoms with E-state index < -0.39 is 38.7 Å². The Morgan fingerprint density at radius 1 is 1.14 bits per heavy atom. The predicted molar refractivity (Wildman–Crippen MR) is 121 cm³/mol. The molecule has 2 heterocycles. The van der Waals surface area contributed by atoms with Gasteiger partial charge in [-0.05, 0) is 55.7 Å². The molecule has 3 aromatic rings. The molecule has 4 rings (SSSR count). The summed E-state index contributed by atoms with van der Waals surface area (Å²) < 4.78 is 84.3. The number of nitrogens with zero attached hydrogens (tertiary/aromatic N) is 3. The van der Waals surface area contributed by atoms with Gasteiger partial charge >= 0.3 is 6.18 Å². The van der Waals surface area contributed by atoms with E-state index in [0.29, 0.717) is 24.8 Å². The number of ketones is 1. The van der Waals surface area contributed by atoms with Crippen LogP contribution in [-0.4, -0.2) is 41.3 Å². The smallest absolute Gasteiger partial charge is 0.433 e. The van der Waals surface area contributed by atoms with Crippen molar-refractivity contribution in [3.63, 3.8) is 0 Å². The van der Waals surface area contributed by atoms with Crippen molar-refractivity contribution in [3.05, 3.63) is 65.9 Å². The molecule has 7 nitrogen and oxygen atoms in total. The Morgan fingerprint density at radius 2 is 1.86 bits per heavy atom. The molecule has 0 saturated heterocycles. The van der Waals surface area contributed by atoms with Crippen LogP contribution in [0.2, 0.25) is 0 Å². The SMILES string of the molecule is COc1nn(-c2ccc(C(F)(F)F)nc2)cc1CCC(=O)[C@@H]1CCC[C@@H]1S(=O)(=O)c1ccc(F)cc1. The van der Waals surface area contributed by atoms with Crippen LogP contribution < -0.4 is 4.74 Å². The zero-order valence-electron chi connectivity index (χ0n) is 19.2. The number of methoxy groups -OCH3 is 1. The number of sulfone groups is 1. The molecule has 2 aromatic heterocycles. The van der Waals surface area contributed by atoms with Gasteiger partial charge in [0.15, 0.2) is 9.84 Å². The molecule has 0 spiro atoms. The van der Waals surface area contributed by atoms with Crippen LogP contribution in [0.4, 0.5) is 17.6 Å². The molecule has 0 bridgehead atoms. The molecular weight excluding hydrogens is 502 g/mol. The largest absolute Gasteiger partial charge is 0.480 e. The maximum absolute atomic E-state index is 13.2. The summed E-state index contributed by atoms with van der Waals surface area (Å²) in [5.74, 6) is -1.24. The summed E-state index contributed by atoms with van der Waals surface area (Å²) in [5.41, 5.74) is -0.209. The number of aromatic nitrogens is 3. The molecule has 1 fully saturated rings. The van der Waals surface area contributed by atoms with Crippen molar-refractivity contribution in [1.82, 2.24) is 14.8 Å². The third-order valence-electron chi connectivity index (χ3n) is 6.30. The topological polar surface area (TPSA) is 91.2 Å². The molecule has 0 aliphatic heterocycles. The lowest BCUT2D eigenvalue weighted by atomic mass is 9.97. The van der Waals surface area contributed by atoms with Gasteiger partial charge in [0.2, 0.25) is 5.88 Å². The molecule has 192 valence electrons. The number of ether oxygens (including phenoxy) is 1. The van der Waals surface area contributed by atoms with Crippen molar-refractivity contribution in [3.8, 4) is 11.6 Å². The van der Waals surface area contributed by atoms with Gasteiger partial charge in [-0.1, -0.05) is 6.42 Å². The Morgan fingerprint density at radius 3 is 2.47 bits per heavy atom. The van der Waals surface area contributed by atoms with Crippen molar-refractivity contribution < 1.29 is 35.5 Å². The molecule has 12 heteroatoms. The molecule has 0 N–H and O–H groups in total. The molecule has 0 radical (unpaired) electrons. The number of aryl methyl sites for hydroxylation is 1. The van der Waals surface area contributed by atoms with Crippen LogP contribution >= 0.6 is 0 Å². The van der Waals surface area contributed by atoms with Gasteiger partial charge < -0.3 is 4.74 Å². The van der Waals surface area contributed by atoms with Gasteiger partial charge in [0, 0.05) is 24.1 Å². The predicted octanol–water partition coefficient (Wildman–Crippen LogP) is 4.58. The number of Topliss-reactive ketones (excluding diaryl/α,β-unsaturated/α-hetero) is 1. The molecule has 0 unspecified atom stereocenters. The molecule has 36 heavy (non-hydrogen) atoms. The van der Waals surface area contributed by atoms with E-state index in [1.54, 1.807) is 0 Å². The summed E-state index contributed by atoms with van der Waals surface area (Å²) in [7, 11) is -2.43. The number of rotatable bonds is 8. The lowest BCUT2D eigenvalue weighted by Crippen LogP contribution is -2.31. The summed E-state index contributed by atoms with van der Waals surface area (Å²) >= 11 is 0. The molecule has 2 atom stereocenters. The number of carbonyl (C=O) groups is 1. The second-order valence-electron chi connectivity index (χ2n) is 8.55. The minimum atomic E-state index is -4.56. The van der Waals surface area contributed by atoms with Crippen molar-refractivity contribution in [2.24, 2.45) is 5.92 Å². The first-order valence-corrected chi connectivity index (χ1v) is 12.7. The van der Waals surface area contributed by atoms with E-state index in [-0.39, 0.29) is 35.1 Å². The van der Waals surface area contributed by atoms with Gasteiger partial charge in [-0.2, -0.15) is 13.2 Å². The number of hydrogen-bond acceptors (Lipinski definition) is 6. The summed E-state index contributed by atoms with van der Waals surface area (Å²) in [6.45, 7) is 0. The van der Waals surface area contributed by atoms with Crippen LogP contribution in [0.25, 0.3) is 5.69 Å². The quantitative estimate of drug-likeness (QED) is 0.316. The van der Waals surface area contributed by atoms with Crippen LogP contribution in [0, 0.1) is 11.7 Å². The number of pyridine rings is 1. The van der Waals surface area contributed by atoms with E-state index in [1.165, 1.54) is 36.2 Å². The van der Waals surface area contributed by atoms with Crippen molar-refractivity contribution >= 4 is 15.6 Å². The molecule has 1 aromatic carbocycles. The second kappa shape index (κ2) is 10.00. The van der Waals surface area contributed by atoms with Crippen molar-refractivity contribution in [2.45, 2.75) is 48.4 Å². The van der Waals surface area contributed by atoms with E-state index in [0.717, 1.165) is 24.4 Å². The third-order valence-corrected chi connectivity index (χ3v) is 8.59. The number of hydrogen-bond donors (Lipinski definition) is 0. The zero-order chi connectivity index (χ0) is 26.1. The summed E-state index contributed by atoms with van der Waals surface area (Å²) in [6, 6.07) is 6.64. The highest BCUT2D eigenvalue weighted by atomic mass is 32.2. The number of alkyl halides is 3. The highest BCUT2D eigenvalue weighted by Gasteiger charge is 2.41. The number of halogens is 4. The summed E-state index contributed by atoms with van der Waals surface area (Å²) in [5, 5.41) is 3.33. The van der Waals surface area contributed by atoms with Gasteiger partial charge in [-0.3, -0.25) is 4.79 Å². The first-order valence-electron chi connectivity index (χ1n) is 11.2. The Kier molecular flexibility index (Phi) is 7.17. The third kappa shape index (κ3) is 5.28. The Bertz CT molecular complexity index is 1340. The first kappa shape index (κ1) is 25.8. The fourth-order valence-electron chi connectivity index (χ4n) is 4.47. The van der Waals surface area contributed by atoms with Crippen LogP contribution in [-0.2, 0) is 27.2 Å².